The van der Waals surface area contributed by atoms with Gasteiger partial charge in [-0.15, -0.1) is 0 Å². The molecule has 2 aromatic rings. The molecule has 25 heavy (non-hydrogen) atoms. The van der Waals surface area contributed by atoms with Crippen molar-refractivity contribution in [3.63, 3.8) is 0 Å². The number of hydrogen-bond donors (Lipinski definition) is 2. The second kappa shape index (κ2) is 9.98. The van der Waals surface area contributed by atoms with Gasteiger partial charge in [-0.25, -0.2) is 0 Å². The summed E-state index contributed by atoms with van der Waals surface area (Å²) >= 11 is 6.03. The van der Waals surface area contributed by atoms with Gasteiger partial charge in [0.05, 0.1) is 5.52 Å². The summed E-state index contributed by atoms with van der Waals surface area (Å²) in [5.41, 5.74) is 2.08. The summed E-state index contributed by atoms with van der Waals surface area (Å²) in [6.45, 7) is 3.06. The Bertz CT molecular complexity index is 653. The Balaban J connectivity index is 1.27. The highest BCUT2D eigenvalue weighted by Gasteiger charge is 2.15. The molecule has 1 fully saturated rings. The number of fused-ring (bicyclic) bond motifs is 1. The third kappa shape index (κ3) is 5.86. The molecule has 2 N–H and O–H groups in total. The van der Waals surface area contributed by atoms with Gasteiger partial charge < -0.3 is 10.6 Å². The lowest BCUT2D eigenvalue weighted by Crippen LogP contribution is -2.21. The van der Waals surface area contributed by atoms with E-state index in [1.54, 1.807) is 0 Å². The fourth-order valence-corrected chi connectivity index (χ4v) is 3.16. The minimum Gasteiger partial charge on any atom is -0.384 e. The monoisotopic (exact) mass is 354 g/mol. The number of nitrogens with zero attached hydrogens (tertiary/aromatic N) is 1. The van der Waals surface area contributed by atoms with Gasteiger partial charge in [-0.2, -0.15) is 0 Å². The molecule has 0 atom stereocenters. The number of unbranched alkanes of at least 4 members (excludes halogenated alkanes) is 3. The Morgan fingerprint density at radius 3 is 2.56 bits per heavy atom. The predicted molar refractivity (Wildman–Crippen MR) is 107 cm³/mol. The van der Waals surface area contributed by atoms with Crippen molar-refractivity contribution in [3.05, 3.63) is 67.1 Å². The van der Waals surface area contributed by atoms with Gasteiger partial charge in [-0.05, 0) is 75.3 Å². The third-order valence-electron chi connectivity index (χ3n) is 4.36. The van der Waals surface area contributed by atoms with Crippen LogP contribution in [-0.4, -0.2) is 24.6 Å². The van der Waals surface area contributed by atoms with E-state index in [-0.39, 0.29) is 0 Å². The van der Waals surface area contributed by atoms with Crippen molar-refractivity contribution >= 4 is 28.2 Å². The highest BCUT2D eigenvalue weighted by molar-refractivity contribution is 6.31. The van der Waals surface area contributed by atoms with Crippen LogP contribution in [0.2, 0.25) is 5.02 Å². The van der Waals surface area contributed by atoms with Crippen molar-refractivity contribution in [2.75, 3.05) is 25.0 Å². The number of rotatable bonds is 10. The smallest absolute Gasteiger partial charge is 0.0737 e. The van der Waals surface area contributed by atoms with E-state index in [0.29, 0.717) is 0 Å². The summed E-state index contributed by atoms with van der Waals surface area (Å²) in [7, 11) is 0. The van der Waals surface area contributed by atoms with Crippen LogP contribution in [0.5, 0.6) is 0 Å². The highest BCUT2D eigenvalue weighted by atomic mass is 35.5. The average Bonchev–Trinajstić information content (AvgIpc) is 3.13. The lowest BCUT2D eigenvalue weighted by Gasteiger charge is -2.10. The highest BCUT2D eigenvalue weighted by Crippen LogP contribution is 2.24. The first-order valence-electron chi connectivity index (χ1n) is 9.02. The quantitative estimate of drug-likeness (QED) is 0.598. The van der Waals surface area contributed by atoms with Crippen LogP contribution < -0.4 is 10.6 Å². The second-order valence-corrected chi connectivity index (χ2v) is 6.77. The van der Waals surface area contributed by atoms with Crippen molar-refractivity contribution in [1.29, 1.82) is 0 Å². The van der Waals surface area contributed by atoms with Gasteiger partial charge in [0, 0.05) is 35.4 Å². The molecule has 1 aliphatic carbocycles. The van der Waals surface area contributed by atoms with Crippen molar-refractivity contribution in [3.8, 4) is 0 Å². The molecule has 1 aliphatic rings. The molecular formula is C21H25ClN3. The van der Waals surface area contributed by atoms with Crippen LogP contribution >= 0.6 is 11.6 Å². The first kappa shape index (κ1) is 18.5. The Kier molecular flexibility index (Phi) is 7.37. The molecule has 0 spiro atoms. The Morgan fingerprint density at radius 1 is 0.920 bits per heavy atom. The second-order valence-electron chi connectivity index (χ2n) is 6.33. The minimum atomic E-state index is 0.726. The molecule has 0 bridgehead atoms. The topological polar surface area (TPSA) is 37.0 Å². The number of benzene rings is 1. The van der Waals surface area contributed by atoms with E-state index in [2.05, 4.69) is 41.3 Å². The summed E-state index contributed by atoms with van der Waals surface area (Å²) < 4.78 is 0. The summed E-state index contributed by atoms with van der Waals surface area (Å²) in [5.74, 6) is 1.37. The maximum Gasteiger partial charge on any atom is 0.0737 e. The first-order valence-corrected chi connectivity index (χ1v) is 9.40. The van der Waals surface area contributed by atoms with Crippen molar-refractivity contribution in [2.24, 2.45) is 0 Å². The van der Waals surface area contributed by atoms with E-state index >= 15 is 0 Å². The fraction of sp³-hybridized carbons (Fsp3) is 0.333. The number of aromatic nitrogens is 1. The molecule has 5 radical (unpaired) electrons. The van der Waals surface area contributed by atoms with E-state index in [1.165, 1.54) is 31.6 Å². The molecule has 131 valence electrons. The molecule has 1 saturated carbocycles. The Morgan fingerprint density at radius 2 is 1.72 bits per heavy atom. The number of halogens is 1. The number of anilines is 1. The van der Waals surface area contributed by atoms with E-state index < -0.39 is 0 Å². The summed E-state index contributed by atoms with van der Waals surface area (Å²) in [6.07, 6.45) is 15.3. The lowest BCUT2D eigenvalue weighted by atomic mass is 10.1. The number of pyridine rings is 1. The molecule has 3 nitrogen and oxygen atoms in total. The summed E-state index contributed by atoms with van der Waals surface area (Å²) in [4.78, 5) is 4.38. The molecule has 0 saturated heterocycles. The minimum absolute atomic E-state index is 0.726. The molecule has 1 aromatic heterocycles. The normalized spacial score (nSPS) is 15.1. The number of hydrogen-bond acceptors (Lipinski definition) is 3. The zero-order valence-corrected chi connectivity index (χ0v) is 15.2. The summed E-state index contributed by atoms with van der Waals surface area (Å²) in [6, 6.07) is 7.89. The van der Waals surface area contributed by atoms with Crippen molar-refractivity contribution in [2.45, 2.75) is 25.7 Å². The van der Waals surface area contributed by atoms with Gasteiger partial charge in [0.1, 0.15) is 0 Å². The molecule has 1 aromatic carbocycles. The average molecular weight is 355 g/mol. The van der Waals surface area contributed by atoms with Gasteiger partial charge in [-0.1, -0.05) is 24.4 Å². The molecule has 0 amide bonds. The van der Waals surface area contributed by atoms with Gasteiger partial charge in [-0.3, -0.25) is 4.98 Å². The van der Waals surface area contributed by atoms with Gasteiger partial charge >= 0.3 is 0 Å². The Labute approximate surface area is 156 Å². The van der Waals surface area contributed by atoms with Crippen LogP contribution in [0.15, 0.2) is 30.5 Å². The Hall–Kier alpha value is -1.32. The number of nitrogens with one attached hydrogen (secondary N) is 2. The van der Waals surface area contributed by atoms with Crippen LogP contribution in [-0.2, 0) is 0 Å². The maximum absolute atomic E-state index is 6.03. The van der Waals surface area contributed by atoms with Crippen LogP contribution in [0.4, 0.5) is 5.69 Å². The van der Waals surface area contributed by atoms with E-state index in [1.807, 2.05) is 30.5 Å². The van der Waals surface area contributed by atoms with E-state index in [4.69, 9.17) is 11.6 Å². The fourth-order valence-electron chi connectivity index (χ4n) is 2.99. The molecule has 0 unspecified atom stereocenters. The van der Waals surface area contributed by atoms with Crippen LogP contribution in [0.25, 0.3) is 10.9 Å². The van der Waals surface area contributed by atoms with Gasteiger partial charge in [0.2, 0.25) is 0 Å². The SMILES string of the molecule is Clc1ccc2c(NCCCCCCNC[C]3[CH][CH][CH][CH]3)ccnc2c1. The third-order valence-corrected chi connectivity index (χ3v) is 4.60. The molecule has 1 heterocycles. The largest absolute Gasteiger partial charge is 0.384 e. The zero-order valence-electron chi connectivity index (χ0n) is 14.5. The van der Waals surface area contributed by atoms with Crippen LogP contribution in [0.3, 0.4) is 0 Å². The van der Waals surface area contributed by atoms with Gasteiger partial charge in [0.25, 0.3) is 0 Å². The first-order chi connectivity index (χ1) is 12.3. The van der Waals surface area contributed by atoms with Crippen LogP contribution in [0.1, 0.15) is 25.7 Å². The van der Waals surface area contributed by atoms with Crippen molar-refractivity contribution in [1.82, 2.24) is 10.3 Å². The maximum atomic E-state index is 6.03. The molecule has 0 aliphatic heterocycles. The zero-order chi connectivity index (χ0) is 17.3. The standard InChI is InChI=1S/C21H25ClN3/c22-18-9-10-19-20(11-14-25-21(19)15-18)24-13-6-2-1-5-12-23-16-17-7-3-4-8-17/h3-4,7-11,14-15,23H,1-2,5-6,12-13,16H2,(H,24,25). The van der Waals surface area contributed by atoms with E-state index in [9.17, 15) is 0 Å². The van der Waals surface area contributed by atoms with E-state index in [0.717, 1.165) is 41.2 Å². The summed E-state index contributed by atoms with van der Waals surface area (Å²) in [5, 5.41) is 8.88. The molecule has 4 heteroatoms. The molecule has 3 rings (SSSR count). The van der Waals surface area contributed by atoms with Crippen molar-refractivity contribution < 1.29 is 0 Å². The van der Waals surface area contributed by atoms with Gasteiger partial charge in [0.15, 0.2) is 0 Å². The molecular weight excluding hydrogens is 330 g/mol. The lowest BCUT2D eigenvalue weighted by molar-refractivity contribution is 0.603. The predicted octanol–water partition coefficient (Wildman–Crippen LogP) is 4.86. The van der Waals surface area contributed by atoms with Crippen LogP contribution in [0, 0.1) is 31.6 Å².